The molecule has 2 aromatic heterocycles. The molecule has 0 unspecified atom stereocenters. The fraction of sp³-hybridized carbons (Fsp3) is 0.562. The first-order valence-electron chi connectivity index (χ1n) is 7.91. The van der Waals surface area contributed by atoms with Gasteiger partial charge < -0.3 is 15.4 Å². The Balaban J connectivity index is 1.71. The summed E-state index contributed by atoms with van der Waals surface area (Å²) in [5.41, 5.74) is 7.25. The highest BCUT2D eigenvalue weighted by Gasteiger charge is 2.33. The molecule has 24 heavy (non-hydrogen) atoms. The molecule has 8 heteroatoms. The standard InChI is InChI=1S/C16H23BrN6O/c1-16(2,3)24-9-22(4)11-7-23(8-11)14-13-12(20-15(18)21-14)5-10(17)6-19-13/h5-6,11H,7-9H2,1-4H3,(H2,18,20,21). The lowest BCUT2D eigenvalue weighted by molar-refractivity contribution is -0.0699. The van der Waals surface area contributed by atoms with Gasteiger partial charge in [0.1, 0.15) is 5.52 Å². The highest BCUT2D eigenvalue weighted by Crippen LogP contribution is 2.29. The minimum absolute atomic E-state index is 0.133. The summed E-state index contributed by atoms with van der Waals surface area (Å²) in [5, 5.41) is 0. The summed E-state index contributed by atoms with van der Waals surface area (Å²) in [6.07, 6.45) is 1.76. The SMILES string of the molecule is CN(COC(C)(C)C)C1CN(c2nc(N)nc3cc(Br)cnc23)C1. The maximum absolute atomic E-state index is 5.86. The van der Waals surface area contributed by atoms with Crippen molar-refractivity contribution in [1.29, 1.82) is 0 Å². The van der Waals surface area contributed by atoms with E-state index in [2.05, 4.69) is 68.5 Å². The van der Waals surface area contributed by atoms with Gasteiger partial charge in [-0.3, -0.25) is 4.90 Å². The Kier molecular flexibility index (Phi) is 4.63. The molecule has 0 aliphatic carbocycles. The molecule has 3 rings (SSSR count). The molecule has 0 saturated carbocycles. The van der Waals surface area contributed by atoms with Crippen molar-refractivity contribution >= 4 is 38.7 Å². The summed E-state index contributed by atoms with van der Waals surface area (Å²) in [5.74, 6) is 1.07. The minimum Gasteiger partial charge on any atom is -0.368 e. The fourth-order valence-corrected chi connectivity index (χ4v) is 2.84. The Labute approximate surface area is 150 Å². The lowest BCUT2D eigenvalue weighted by atomic mass is 10.1. The van der Waals surface area contributed by atoms with Gasteiger partial charge in [0, 0.05) is 29.8 Å². The third kappa shape index (κ3) is 3.76. The number of likely N-dealkylation sites (N-methyl/N-ethyl adjacent to an activating group) is 1. The number of ether oxygens (including phenoxy) is 1. The van der Waals surface area contributed by atoms with Crippen LogP contribution in [0.3, 0.4) is 0 Å². The van der Waals surface area contributed by atoms with E-state index in [0.29, 0.717) is 12.8 Å². The van der Waals surface area contributed by atoms with Gasteiger partial charge in [-0.2, -0.15) is 4.98 Å². The highest BCUT2D eigenvalue weighted by molar-refractivity contribution is 9.10. The normalized spacial score (nSPS) is 16.0. The number of pyridine rings is 1. The van der Waals surface area contributed by atoms with Crippen molar-refractivity contribution < 1.29 is 4.74 Å². The molecule has 0 spiro atoms. The van der Waals surface area contributed by atoms with Crippen LogP contribution in [0.25, 0.3) is 11.0 Å². The van der Waals surface area contributed by atoms with Gasteiger partial charge in [-0.05, 0) is 49.8 Å². The summed E-state index contributed by atoms with van der Waals surface area (Å²) in [7, 11) is 2.08. The molecule has 2 aromatic rings. The zero-order chi connectivity index (χ0) is 17.5. The monoisotopic (exact) mass is 394 g/mol. The Hall–Kier alpha value is -1.51. The van der Waals surface area contributed by atoms with Gasteiger partial charge in [-0.25, -0.2) is 9.97 Å². The van der Waals surface area contributed by atoms with Crippen LogP contribution in [0.2, 0.25) is 0 Å². The van der Waals surface area contributed by atoms with Gasteiger partial charge in [0.15, 0.2) is 5.82 Å². The molecule has 3 heterocycles. The van der Waals surface area contributed by atoms with Crippen molar-refractivity contribution in [1.82, 2.24) is 19.9 Å². The summed E-state index contributed by atoms with van der Waals surface area (Å²) < 4.78 is 6.71. The number of nitrogen functional groups attached to an aromatic ring is 1. The van der Waals surface area contributed by atoms with Crippen molar-refractivity contribution in [3.8, 4) is 0 Å². The average molecular weight is 395 g/mol. The summed E-state index contributed by atoms with van der Waals surface area (Å²) in [6, 6.07) is 2.33. The molecule has 1 saturated heterocycles. The quantitative estimate of drug-likeness (QED) is 0.796. The fourth-order valence-electron chi connectivity index (χ4n) is 2.52. The number of aromatic nitrogens is 3. The molecule has 7 nitrogen and oxygen atoms in total. The number of fused-ring (bicyclic) bond motifs is 1. The number of anilines is 2. The summed E-state index contributed by atoms with van der Waals surface area (Å²) in [6.45, 7) is 8.54. The second-order valence-electron chi connectivity index (χ2n) is 7.13. The highest BCUT2D eigenvalue weighted by atomic mass is 79.9. The van der Waals surface area contributed by atoms with Crippen LogP contribution in [-0.2, 0) is 4.74 Å². The second-order valence-corrected chi connectivity index (χ2v) is 8.04. The number of nitrogens with zero attached hydrogens (tertiary/aromatic N) is 5. The van der Waals surface area contributed by atoms with Gasteiger partial charge >= 0.3 is 0 Å². The van der Waals surface area contributed by atoms with Crippen LogP contribution in [0, 0.1) is 0 Å². The van der Waals surface area contributed by atoms with Crippen LogP contribution in [-0.4, -0.2) is 58.4 Å². The van der Waals surface area contributed by atoms with E-state index in [-0.39, 0.29) is 11.5 Å². The van der Waals surface area contributed by atoms with Crippen molar-refractivity contribution in [3.63, 3.8) is 0 Å². The molecular formula is C16H23BrN6O. The number of rotatable bonds is 4. The molecule has 0 bridgehead atoms. The zero-order valence-corrected chi connectivity index (χ0v) is 16.0. The van der Waals surface area contributed by atoms with Crippen molar-refractivity contribution in [2.24, 2.45) is 0 Å². The molecule has 0 radical (unpaired) electrons. The van der Waals surface area contributed by atoms with Crippen LogP contribution in [0.15, 0.2) is 16.7 Å². The molecule has 1 aliphatic heterocycles. The first-order chi connectivity index (χ1) is 11.2. The first kappa shape index (κ1) is 17.3. The average Bonchev–Trinajstić information content (AvgIpc) is 2.42. The molecule has 130 valence electrons. The predicted molar refractivity (Wildman–Crippen MR) is 98.9 cm³/mol. The molecule has 0 atom stereocenters. The van der Waals surface area contributed by atoms with E-state index in [9.17, 15) is 0 Å². The predicted octanol–water partition coefficient (Wildman–Crippen LogP) is 2.26. The van der Waals surface area contributed by atoms with Crippen LogP contribution in [0.5, 0.6) is 0 Å². The van der Waals surface area contributed by atoms with Crippen molar-refractivity contribution in [2.75, 3.05) is 37.5 Å². The van der Waals surface area contributed by atoms with Gasteiger partial charge in [0.05, 0.1) is 17.8 Å². The molecule has 2 N–H and O–H groups in total. The lowest BCUT2D eigenvalue weighted by Gasteiger charge is -2.45. The third-order valence-corrected chi connectivity index (χ3v) is 4.42. The Morgan fingerprint density at radius 1 is 1.38 bits per heavy atom. The maximum Gasteiger partial charge on any atom is 0.222 e. The molecule has 1 aliphatic rings. The lowest BCUT2D eigenvalue weighted by Crippen LogP contribution is -2.59. The van der Waals surface area contributed by atoms with Gasteiger partial charge in [-0.15, -0.1) is 0 Å². The van der Waals surface area contributed by atoms with E-state index >= 15 is 0 Å². The van der Waals surface area contributed by atoms with E-state index in [1.54, 1.807) is 6.20 Å². The van der Waals surface area contributed by atoms with Gasteiger partial charge in [-0.1, -0.05) is 0 Å². The van der Waals surface area contributed by atoms with Crippen LogP contribution >= 0.6 is 15.9 Å². The van der Waals surface area contributed by atoms with E-state index in [0.717, 1.165) is 34.4 Å². The molecule has 1 fully saturated rings. The topological polar surface area (TPSA) is 80.4 Å². The Morgan fingerprint density at radius 2 is 2.08 bits per heavy atom. The van der Waals surface area contributed by atoms with Crippen molar-refractivity contribution in [3.05, 3.63) is 16.7 Å². The van der Waals surface area contributed by atoms with Crippen LogP contribution < -0.4 is 10.6 Å². The van der Waals surface area contributed by atoms with E-state index in [4.69, 9.17) is 10.5 Å². The van der Waals surface area contributed by atoms with E-state index in [1.165, 1.54) is 0 Å². The first-order valence-corrected chi connectivity index (χ1v) is 8.70. The van der Waals surface area contributed by atoms with Crippen molar-refractivity contribution in [2.45, 2.75) is 32.4 Å². The summed E-state index contributed by atoms with van der Waals surface area (Å²) >= 11 is 3.41. The number of hydrogen-bond donors (Lipinski definition) is 1. The van der Waals surface area contributed by atoms with Crippen LogP contribution in [0.4, 0.5) is 11.8 Å². The van der Waals surface area contributed by atoms with Crippen LogP contribution in [0.1, 0.15) is 20.8 Å². The van der Waals surface area contributed by atoms with E-state index in [1.807, 2.05) is 6.07 Å². The number of hydrogen-bond acceptors (Lipinski definition) is 7. The van der Waals surface area contributed by atoms with E-state index < -0.39 is 0 Å². The smallest absolute Gasteiger partial charge is 0.222 e. The number of halogens is 1. The van der Waals surface area contributed by atoms with Gasteiger partial charge in [0.2, 0.25) is 5.95 Å². The zero-order valence-electron chi connectivity index (χ0n) is 14.5. The Morgan fingerprint density at radius 3 is 2.75 bits per heavy atom. The molecular weight excluding hydrogens is 372 g/mol. The molecule has 0 aromatic carbocycles. The second kappa shape index (κ2) is 6.42. The Bertz CT molecular complexity index is 736. The summed E-state index contributed by atoms with van der Waals surface area (Å²) in [4.78, 5) is 17.5. The number of nitrogens with two attached hydrogens (primary N) is 1. The minimum atomic E-state index is -0.133. The maximum atomic E-state index is 5.86. The largest absolute Gasteiger partial charge is 0.368 e. The van der Waals surface area contributed by atoms with Gasteiger partial charge in [0.25, 0.3) is 0 Å². The molecule has 0 amide bonds. The third-order valence-electron chi connectivity index (χ3n) is 3.99.